The molecule has 0 bridgehead atoms. The van der Waals surface area contributed by atoms with E-state index in [1.54, 1.807) is 17.9 Å². The summed E-state index contributed by atoms with van der Waals surface area (Å²) in [5.74, 6) is -0.249. The van der Waals surface area contributed by atoms with Crippen molar-refractivity contribution in [2.45, 2.75) is 24.9 Å². The Hall–Kier alpha value is -2.75. The second-order valence-electron chi connectivity index (χ2n) is 6.30. The van der Waals surface area contributed by atoms with Crippen LogP contribution in [-0.2, 0) is 13.2 Å². The maximum Gasteiger partial charge on any atom is 0.433 e. The van der Waals surface area contributed by atoms with Crippen molar-refractivity contribution in [1.82, 2.24) is 19.1 Å². The van der Waals surface area contributed by atoms with Crippen LogP contribution in [0.25, 0.3) is 11.4 Å². The number of hydrogen-bond acceptors (Lipinski definition) is 5. The van der Waals surface area contributed by atoms with Gasteiger partial charge in [-0.25, -0.2) is 0 Å². The highest BCUT2D eigenvalue weighted by atomic mass is 32.1. The van der Waals surface area contributed by atoms with Crippen LogP contribution < -0.4 is 5.32 Å². The molecule has 3 aromatic heterocycles. The molecule has 3 heterocycles. The highest BCUT2D eigenvalue weighted by Gasteiger charge is 2.35. The average molecular weight is 393 g/mol. The molecule has 1 amide bonds. The molecule has 1 aliphatic rings. The molecule has 1 N–H and O–H groups in total. The molecule has 6 nitrogen and oxygen atoms in total. The van der Waals surface area contributed by atoms with Crippen molar-refractivity contribution in [3.05, 3.63) is 46.7 Å². The molecule has 1 fully saturated rings. The number of carbonyl (C=O) groups excluding carboxylic acids is 1. The second-order valence-corrected chi connectivity index (χ2v) is 7.08. The fraction of sp³-hybridized carbons (Fsp3) is 0.294. The van der Waals surface area contributed by atoms with Gasteiger partial charge in [-0.3, -0.25) is 14.5 Å². The standard InChI is InChI=1S/C17H14F3N5OS/c1-25-7-5-11(23-25)14-13(9-2-3-9)15(27-24-14)16(26)22-10-4-6-21-12(8-10)17(18,19)20/h4-9H,2-3H2,1H3,(H,21,22,26). The van der Waals surface area contributed by atoms with Gasteiger partial charge in [0.1, 0.15) is 22.0 Å². The number of carbonyl (C=O) groups is 1. The Kier molecular flexibility index (Phi) is 4.22. The Bertz CT molecular complexity index is 1010. The predicted molar refractivity (Wildman–Crippen MR) is 93.5 cm³/mol. The average Bonchev–Trinajstić information content (AvgIpc) is 3.20. The number of pyridine rings is 1. The molecule has 10 heteroatoms. The summed E-state index contributed by atoms with van der Waals surface area (Å²) >= 11 is 1.04. The lowest BCUT2D eigenvalue weighted by Crippen LogP contribution is -2.14. The van der Waals surface area contributed by atoms with Gasteiger partial charge >= 0.3 is 6.18 Å². The number of anilines is 1. The van der Waals surface area contributed by atoms with Crippen LogP contribution in [0.2, 0.25) is 0 Å². The summed E-state index contributed by atoms with van der Waals surface area (Å²) in [5.41, 5.74) is 1.15. The summed E-state index contributed by atoms with van der Waals surface area (Å²) in [7, 11) is 1.79. The molecule has 0 saturated heterocycles. The highest BCUT2D eigenvalue weighted by molar-refractivity contribution is 7.08. The SMILES string of the molecule is Cn1ccc(-c2nsc(C(=O)Nc3ccnc(C(F)(F)F)c3)c2C2CC2)n1. The van der Waals surface area contributed by atoms with E-state index in [0.29, 0.717) is 16.3 Å². The molecule has 0 spiro atoms. The monoisotopic (exact) mass is 393 g/mol. The molecule has 0 aromatic carbocycles. The Morgan fingerprint density at radius 1 is 1.33 bits per heavy atom. The van der Waals surface area contributed by atoms with Crippen molar-refractivity contribution < 1.29 is 18.0 Å². The van der Waals surface area contributed by atoms with E-state index in [1.165, 1.54) is 6.07 Å². The number of rotatable bonds is 4. The number of aromatic nitrogens is 4. The van der Waals surface area contributed by atoms with Crippen LogP contribution in [0.1, 0.15) is 39.7 Å². The van der Waals surface area contributed by atoms with Crippen LogP contribution in [-0.4, -0.2) is 25.0 Å². The Balaban J connectivity index is 1.64. The van der Waals surface area contributed by atoms with Gasteiger partial charge in [-0.15, -0.1) is 0 Å². The van der Waals surface area contributed by atoms with E-state index in [2.05, 4.69) is 19.8 Å². The lowest BCUT2D eigenvalue weighted by atomic mass is 10.1. The summed E-state index contributed by atoms with van der Waals surface area (Å²) in [4.78, 5) is 16.4. The number of aryl methyl sites for hydroxylation is 1. The fourth-order valence-corrected chi connectivity index (χ4v) is 3.66. The topological polar surface area (TPSA) is 72.7 Å². The van der Waals surface area contributed by atoms with Gasteiger partial charge in [-0.1, -0.05) is 0 Å². The predicted octanol–water partition coefficient (Wildman–Crippen LogP) is 4.09. The summed E-state index contributed by atoms with van der Waals surface area (Å²) in [6.45, 7) is 0. The Labute approximate surface area is 156 Å². The van der Waals surface area contributed by atoms with E-state index in [0.717, 1.165) is 42.2 Å². The molecular formula is C17H14F3N5OS. The van der Waals surface area contributed by atoms with Crippen molar-refractivity contribution in [2.75, 3.05) is 5.32 Å². The molecule has 1 aliphatic carbocycles. The van der Waals surface area contributed by atoms with Gasteiger partial charge in [-0.2, -0.15) is 22.6 Å². The maximum absolute atomic E-state index is 12.8. The summed E-state index contributed by atoms with van der Waals surface area (Å²) in [5, 5.41) is 6.87. The normalized spacial score (nSPS) is 14.4. The van der Waals surface area contributed by atoms with Crippen LogP contribution in [0.5, 0.6) is 0 Å². The molecule has 0 unspecified atom stereocenters. The second kappa shape index (κ2) is 6.45. The zero-order valence-electron chi connectivity index (χ0n) is 14.1. The zero-order chi connectivity index (χ0) is 19.2. The first-order valence-corrected chi connectivity index (χ1v) is 8.94. The number of nitrogens with one attached hydrogen (secondary N) is 1. The third-order valence-electron chi connectivity index (χ3n) is 4.18. The van der Waals surface area contributed by atoms with Gasteiger partial charge in [-0.05, 0) is 48.5 Å². The van der Waals surface area contributed by atoms with Gasteiger partial charge in [0.05, 0.1) is 0 Å². The zero-order valence-corrected chi connectivity index (χ0v) is 14.9. The quantitative estimate of drug-likeness (QED) is 0.725. The Morgan fingerprint density at radius 2 is 2.11 bits per heavy atom. The fourth-order valence-electron chi connectivity index (χ4n) is 2.79. The van der Waals surface area contributed by atoms with Crippen LogP contribution >= 0.6 is 11.5 Å². The summed E-state index contributed by atoms with van der Waals surface area (Å²) in [6.07, 6.45) is 0.140. The van der Waals surface area contributed by atoms with Gasteiger partial charge in [0.25, 0.3) is 5.91 Å². The van der Waals surface area contributed by atoms with Crippen LogP contribution in [0.4, 0.5) is 18.9 Å². The molecule has 3 aromatic rings. The van der Waals surface area contributed by atoms with Crippen molar-refractivity contribution in [3.8, 4) is 11.4 Å². The van der Waals surface area contributed by atoms with Crippen LogP contribution in [0.15, 0.2) is 30.6 Å². The molecule has 0 atom stereocenters. The molecular weight excluding hydrogens is 379 g/mol. The van der Waals surface area contributed by atoms with Crippen molar-refractivity contribution >= 4 is 23.1 Å². The van der Waals surface area contributed by atoms with Crippen molar-refractivity contribution in [2.24, 2.45) is 7.05 Å². The number of halogens is 3. The number of alkyl halides is 3. The van der Waals surface area contributed by atoms with Crippen molar-refractivity contribution in [1.29, 1.82) is 0 Å². The van der Waals surface area contributed by atoms with E-state index >= 15 is 0 Å². The molecule has 140 valence electrons. The highest BCUT2D eigenvalue weighted by Crippen LogP contribution is 2.47. The summed E-state index contributed by atoms with van der Waals surface area (Å²) in [6, 6.07) is 3.96. The maximum atomic E-state index is 12.8. The molecule has 1 saturated carbocycles. The third kappa shape index (κ3) is 3.57. The number of amides is 1. The first-order chi connectivity index (χ1) is 12.8. The molecule has 4 rings (SSSR count). The van der Waals surface area contributed by atoms with Crippen molar-refractivity contribution in [3.63, 3.8) is 0 Å². The smallest absolute Gasteiger partial charge is 0.321 e. The lowest BCUT2D eigenvalue weighted by Gasteiger charge is -2.09. The number of hydrogen-bond donors (Lipinski definition) is 1. The van der Waals surface area contributed by atoms with E-state index in [4.69, 9.17) is 0 Å². The minimum absolute atomic E-state index is 0.0388. The van der Waals surface area contributed by atoms with Gasteiger partial charge in [0.15, 0.2) is 0 Å². The molecule has 27 heavy (non-hydrogen) atoms. The molecule has 0 radical (unpaired) electrons. The lowest BCUT2D eigenvalue weighted by molar-refractivity contribution is -0.141. The first-order valence-electron chi connectivity index (χ1n) is 8.17. The largest absolute Gasteiger partial charge is 0.433 e. The van der Waals surface area contributed by atoms with Gasteiger partial charge in [0.2, 0.25) is 0 Å². The minimum Gasteiger partial charge on any atom is -0.321 e. The first kappa shape index (κ1) is 17.7. The van der Waals surface area contributed by atoms with Gasteiger partial charge < -0.3 is 5.32 Å². The minimum atomic E-state index is -4.57. The number of nitrogens with zero attached hydrogens (tertiary/aromatic N) is 4. The summed E-state index contributed by atoms with van der Waals surface area (Å²) < 4.78 is 44.5. The van der Waals surface area contributed by atoms with Crippen LogP contribution in [0, 0.1) is 0 Å². The van der Waals surface area contributed by atoms with E-state index in [1.807, 2.05) is 6.07 Å². The van der Waals surface area contributed by atoms with E-state index < -0.39 is 17.8 Å². The molecule has 0 aliphatic heterocycles. The van der Waals surface area contributed by atoms with Crippen LogP contribution in [0.3, 0.4) is 0 Å². The van der Waals surface area contributed by atoms with Gasteiger partial charge in [0, 0.05) is 30.7 Å². The Morgan fingerprint density at radius 3 is 2.74 bits per heavy atom. The third-order valence-corrected chi connectivity index (χ3v) is 5.05. The van der Waals surface area contributed by atoms with E-state index in [-0.39, 0.29) is 11.6 Å². The van der Waals surface area contributed by atoms with E-state index in [9.17, 15) is 18.0 Å².